The first-order valence-electron chi connectivity index (χ1n) is 3.18. The summed E-state index contributed by atoms with van der Waals surface area (Å²) in [5.74, 6) is 1.05. The van der Waals surface area contributed by atoms with Gasteiger partial charge in [-0.15, -0.1) is 0 Å². The second-order valence-electron chi connectivity index (χ2n) is 2.33. The van der Waals surface area contributed by atoms with Crippen molar-refractivity contribution >= 4 is 34.4 Å². The average Bonchev–Trinajstić information content (AvgIpc) is 2.20. The van der Waals surface area contributed by atoms with Crippen LogP contribution in [0.4, 0.5) is 0 Å². The molecule has 0 aliphatic carbocycles. The molecular formula is C6H11IO2S. The molecule has 1 fully saturated rings. The molecule has 1 aliphatic heterocycles. The van der Waals surface area contributed by atoms with Crippen molar-refractivity contribution in [2.75, 3.05) is 19.5 Å². The average molecular weight is 274 g/mol. The van der Waals surface area contributed by atoms with E-state index in [1.807, 2.05) is 0 Å². The van der Waals surface area contributed by atoms with E-state index in [9.17, 15) is 5.11 Å². The zero-order valence-corrected chi connectivity index (χ0v) is 8.76. The van der Waals surface area contributed by atoms with Gasteiger partial charge in [0.1, 0.15) is 0 Å². The van der Waals surface area contributed by atoms with Gasteiger partial charge >= 0.3 is 0 Å². The number of hydrogen-bond acceptors (Lipinski definition) is 3. The smallest absolute Gasteiger partial charge is 0.0806 e. The number of thioether (sulfide) groups is 1. The van der Waals surface area contributed by atoms with Crippen molar-refractivity contribution in [2.24, 2.45) is 0 Å². The van der Waals surface area contributed by atoms with E-state index < -0.39 is 0 Å². The van der Waals surface area contributed by atoms with Crippen LogP contribution in [0.3, 0.4) is 0 Å². The number of rotatable bonds is 2. The van der Waals surface area contributed by atoms with Crippen LogP contribution in [0.5, 0.6) is 0 Å². The predicted octanol–water partition coefficient (Wildman–Crippen LogP) is 0.913. The van der Waals surface area contributed by atoms with E-state index in [0.29, 0.717) is 15.8 Å². The molecule has 1 heterocycles. The Morgan fingerprint density at radius 3 is 2.90 bits per heavy atom. The molecule has 10 heavy (non-hydrogen) atoms. The topological polar surface area (TPSA) is 29.5 Å². The SMILES string of the molecule is COC[C@H]1SC[C@@H](I)C1O. The molecule has 0 aromatic rings. The predicted molar refractivity (Wildman–Crippen MR) is 51.9 cm³/mol. The molecule has 3 atom stereocenters. The molecule has 0 spiro atoms. The van der Waals surface area contributed by atoms with Crippen LogP contribution in [-0.4, -0.2) is 39.9 Å². The second-order valence-corrected chi connectivity index (χ2v) is 5.21. The number of halogens is 1. The summed E-state index contributed by atoms with van der Waals surface area (Å²) >= 11 is 4.09. The van der Waals surface area contributed by atoms with Gasteiger partial charge in [0.05, 0.1) is 18.0 Å². The highest BCUT2D eigenvalue weighted by Gasteiger charge is 2.33. The summed E-state index contributed by atoms with van der Waals surface area (Å²) in [5, 5.41) is 9.78. The fourth-order valence-corrected chi connectivity index (χ4v) is 3.61. The maximum absolute atomic E-state index is 9.48. The third-order valence-electron chi connectivity index (χ3n) is 1.55. The lowest BCUT2D eigenvalue weighted by Crippen LogP contribution is -2.28. The molecule has 1 unspecified atom stereocenters. The summed E-state index contributed by atoms with van der Waals surface area (Å²) in [6, 6.07) is 0. The van der Waals surface area contributed by atoms with Crippen molar-refractivity contribution in [1.82, 2.24) is 0 Å². The molecule has 0 aromatic carbocycles. The van der Waals surface area contributed by atoms with E-state index in [1.165, 1.54) is 0 Å². The van der Waals surface area contributed by atoms with Gasteiger partial charge in [-0.25, -0.2) is 0 Å². The van der Waals surface area contributed by atoms with Crippen molar-refractivity contribution in [2.45, 2.75) is 15.3 Å². The lowest BCUT2D eigenvalue weighted by molar-refractivity contribution is 0.127. The standard InChI is InChI=1S/C6H11IO2S/c1-9-2-5-6(8)4(7)3-10-5/h4-6,8H,2-3H2,1H3/t4-,5-,6?/m1/s1. The largest absolute Gasteiger partial charge is 0.391 e. The Kier molecular flexibility index (Phi) is 3.76. The first-order valence-corrected chi connectivity index (χ1v) is 5.48. The van der Waals surface area contributed by atoms with Gasteiger partial charge in [0.2, 0.25) is 0 Å². The summed E-state index contributed by atoms with van der Waals surface area (Å²) in [6.07, 6.45) is -0.175. The Balaban J connectivity index is 2.33. The molecule has 1 N–H and O–H groups in total. The Bertz CT molecular complexity index is 110. The van der Waals surface area contributed by atoms with Gasteiger partial charge in [-0.3, -0.25) is 0 Å². The van der Waals surface area contributed by atoms with Crippen LogP contribution in [0.1, 0.15) is 0 Å². The van der Waals surface area contributed by atoms with Gasteiger partial charge in [0, 0.05) is 16.8 Å². The van der Waals surface area contributed by atoms with Crippen molar-refractivity contribution < 1.29 is 9.84 Å². The van der Waals surface area contributed by atoms with Crippen molar-refractivity contribution in [3.8, 4) is 0 Å². The van der Waals surface area contributed by atoms with E-state index >= 15 is 0 Å². The van der Waals surface area contributed by atoms with Gasteiger partial charge in [-0.2, -0.15) is 11.8 Å². The maximum atomic E-state index is 9.48. The summed E-state index contributed by atoms with van der Waals surface area (Å²) in [4.78, 5) is 0. The Labute approximate surface area is 78.9 Å². The number of hydrogen-bond donors (Lipinski definition) is 1. The molecule has 0 radical (unpaired) electrons. The molecule has 60 valence electrons. The first-order chi connectivity index (χ1) is 4.75. The Morgan fingerprint density at radius 2 is 2.50 bits per heavy atom. The van der Waals surface area contributed by atoms with Gasteiger partial charge < -0.3 is 9.84 Å². The zero-order valence-electron chi connectivity index (χ0n) is 5.79. The zero-order chi connectivity index (χ0) is 7.56. The third-order valence-corrected chi connectivity index (χ3v) is 4.72. The highest BCUT2D eigenvalue weighted by molar-refractivity contribution is 14.1. The molecule has 1 rings (SSSR count). The minimum absolute atomic E-state index is 0.175. The molecule has 1 saturated heterocycles. The molecule has 0 bridgehead atoms. The van der Waals surface area contributed by atoms with Crippen LogP contribution in [-0.2, 0) is 4.74 Å². The maximum Gasteiger partial charge on any atom is 0.0806 e. The van der Waals surface area contributed by atoms with E-state index in [0.717, 1.165) is 5.75 Å². The molecule has 1 aliphatic rings. The normalized spacial score (nSPS) is 40.5. The number of aliphatic hydroxyl groups is 1. The lowest BCUT2D eigenvalue weighted by Gasteiger charge is -2.13. The summed E-state index contributed by atoms with van der Waals surface area (Å²) in [5.41, 5.74) is 0. The summed E-state index contributed by atoms with van der Waals surface area (Å²) < 4.78 is 5.37. The van der Waals surface area contributed by atoms with Crippen LogP contribution >= 0.6 is 34.4 Å². The minimum Gasteiger partial charge on any atom is -0.391 e. The van der Waals surface area contributed by atoms with Gasteiger partial charge in [-0.05, 0) is 0 Å². The van der Waals surface area contributed by atoms with Crippen LogP contribution in [0, 0.1) is 0 Å². The molecular weight excluding hydrogens is 263 g/mol. The molecule has 4 heteroatoms. The van der Waals surface area contributed by atoms with Crippen molar-refractivity contribution in [1.29, 1.82) is 0 Å². The van der Waals surface area contributed by atoms with E-state index in [1.54, 1.807) is 18.9 Å². The fourth-order valence-electron chi connectivity index (χ4n) is 0.957. The third kappa shape index (κ3) is 1.99. The van der Waals surface area contributed by atoms with E-state index in [-0.39, 0.29) is 6.10 Å². The number of ether oxygens (including phenoxy) is 1. The number of alkyl halides is 1. The Morgan fingerprint density at radius 1 is 1.80 bits per heavy atom. The van der Waals surface area contributed by atoms with Gasteiger partial charge in [0.25, 0.3) is 0 Å². The fraction of sp³-hybridized carbons (Fsp3) is 1.00. The highest BCUT2D eigenvalue weighted by Crippen LogP contribution is 2.31. The van der Waals surface area contributed by atoms with Gasteiger partial charge in [0.15, 0.2) is 0 Å². The number of methoxy groups -OCH3 is 1. The quantitative estimate of drug-likeness (QED) is 0.599. The highest BCUT2D eigenvalue weighted by atomic mass is 127. The van der Waals surface area contributed by atoms with Crippen LogP contribution < -0.4 is 0 Å². The minimum atomic E-state index is -0.175. The molecule has 2 nitrogen and oxygen atoms in total. The van der Waals surface area contributed by atoms with Crippen molar-refractivity contribution in [3.63, 3.8) is 0 Å². The molecule has 0 saturated carbocycles. The first kappa shape index (κ1) is 9.09. The van der Waals surface area contributed by atoms with E-state index in [4.69, 9.17) is 4.74 Å². The summed E-state index contributed by atoms with van der Waals surface area (Å²) in [7, 11) is 1.67. The van der Waals surface area contributed by atoms with Crippen LogP contribution in [0.2, 0.25) is 0 Å². The number of aliphatic hydroxyl groups excluding tert-OH is 1. The molecule has 0 aromatic heterocycles. The van der Waals surface area contributed by atoms with Crippen molar-refractivity contribution in [3.05, 3.63) is 0 Å². The monoisotopic (exact) mass is 274 g/mol. The van der Waals surface area contributed by atoms with E-state index in [2.05, 4.69) is 22.6 Å². The Hall–Kier alpha value is 1.00. The second kappa shape index (κ2) is 4.13. The lowest BCUT2D eigenvalue weighted by atomic mass is 10.2. The van der Waals surface area contributed by atoms with Crippen LogP contribution in [0.15, 0.2) is 0 Å². The summed E-state index contributed by atoms with van der Waals surface area (Å²) in [6.45, 7) is 0.672. The van der Waals surface area contributed by atoms with Gasteiger partial charge in [-0.1, -0.05) is 22.6 Å². The molecule has 0 amide bonds. The van der Waals surface area contributed by atoms with Crippen LogP contribution in [0.25, 0.3) is 0 Å².